The molecule has 1 saturated heterocycles. The summed E-state index contributed by atoms with van der Waals surface area (Å²) >= 11 is 0. The standard InChI is InChI=1S/C18H27F3N2O6/c1-22-17(14-2-4-15(5-3-14)25-9-8-24)13-23-7-6-16(12-23)28-26-10-11-27-29-18(19,20)21/h2-5,16-17,22,24H,6-13H2,1H3. The molecule has 1 aromatic rings. The van der Waals surface area contributed by atoms with Gasteiger partial charge in [-0.1, -0.05) is 12.1 Å². The van der Waals surface area contributed by atoms with Crippen molar-refractivity contribution in [1.29, 1.82) is 0 Å². The van der Waals surface area contributed by atoms with E-state index in [0.29, 0.717) is 12.3 Å². The number of rotatable bonds is 13. The minimum atomic E-state index is -4.83. The van der Waals surface area contributed by atoms with Gasteiger partial charge in [0, 0.05) is 25.7 Å². The van der Waals surface area contributed by atoms with Gasteiger partial charge in [-0.15, -0.1) is 18.1 Å². The molecule has 2 unspecified atom stereocenters. The molecule has 0 bridgehead atoms. The van der Waals surface area contributed by atoms with Crippen LogP contribution < -0.4 is 10.1 Å². The molecule has 1 fully saturated rings. The first-order valence-electron chi connectivity index (χ1n) is 9.30. The zero-order valence-corrected chi connectivity index (χ0v) is 16.2. The minimum Gasteiger partial charge on any atom is -0.491 e. The normalized spacial score (nSPS) is 18.9. The first kappa shape index (κ1) is 23.8. The van der Waals surface area contributed by atoms with E-state index in [2.05, 4.69) is 20.0 Å². The third kappa shape index (κ3) is 9.26. The number of ether oxygens (including phenoxy) is 1. The summed E-state index contributed by atoms with van der Waals surface area (Å²) < 4.78 is 40.6. The van der Waals surface area contributed by atoms with Crippen molar-refractivity contribution in [1.82, 2.24) is 10.2 Å². The van der Waals surface area contributed by atoms with Crippen molar-refractivity contribution in [3.8, 4) is 5.75 Å². The molecule has 0 spiro atoms. The van der Waals surface area contributed by atoms with E-state index in [1.54, 1.807) is 0 Å². The fraction of sp³-hybridized carbons (Fsp3) is 0.667. The van der Waals surface area contributed by atoms with Gasteiger partial charge in [-0.25, -0.2) is 14.7 Å². The van der Waals surface area contributed by atoms with E-state index in [9.17, 15) is 13.2 Å². The van der Waals surface area contributed by atoms with Crippen molar-refractivity contribution in [2.24, 2.45) is 0 Å². The Kier molecular flexibility index (Phi) is 10.1. The molecule has 11 heteroatoms. The highest BCUT2D eigenvalue weighted by Crippen LogP contribution is 2.21. The number of halogens is 3. The van der Waals surface area contributed by atoms with Crippen molar-refractivity contribution in [2.75, 3.05) is 53.1 Å². The van der Waals surface area contributed by atoms with Crippen LogP contribution in [0.5, 0.6) is 5.75 Å². The summed E-state index contributed by atoms with van der Waals surface area (Å²) in [7, 11) is 1.89. The Bertz CT molecular complexity index is 576. The molecule has 0 aliphatic carbocycles. The molecule has 0 radical (unpaired) electrons. The molecule has 2 atom stereocenters. The number of alkyl halides is 3. The second-order valence-corrected chi connectivity index (χ2v) is 6.42. The molecule has 166 valence electrons. The number of aliphatic hydroxyl groups is 1. The number of hydrogen-bond donors (Lipinski definition) is 2. The van der Waals surface area contributed by atoms with Crippen LogP contribution in [0.1, 0.15) is 18.0 Å². The highest BCUT2D eigenvalue weighted by Gasteiger charge is 2.31. The third-order valence-corrected chi connectivity index (χ3v) is 4.27. The van der Waals surface area contributed by atoms with Gasteiger partial charge in [-0.3, -0.25) is 4.90 Å². The monoisotopic (exact) mass is 424 g/mol. The Morgan fingerprint density at radius 3 is 2.55 bits per heavy atom. The lowest BCUT2D eigenvalue weighted by Gasteiger charge is -2.24. The summed E-state index contributed by atoms with van der Waals surface area (Å²) in [5.41, 5.74) is 1.10. The number of benzene rings is 1. The SMILES string of the molecule is CNC(CN1CCC(OOCCOOC(F)(F)F)C1)c1ccc(OCCO)cc1. The average Bonchev–Trinajstić information content (AvgIpc) is 3.14. The zero-order valence-electron chi connectivity index (χ0n) is 16.2. The average molecular weight is 424 g/mol. The van der Waals surface area contributed by atoms with Gasteiger partial charge in [-0.2, -0.15) is 0 Å². The molecule has 1 heterocycles. The van der Waals surface area contributed by atoms with Crippen molar-refractivity contribution < 1.29 is 42.6 Å². The third-order valence-electron chi connectivity index (χ3n) is 4.27. The smallest absolute Gasteiger partial charge is 0.491 e. The molecule has 0 aromatic heterocycles. The largest absolute Gasteiger partial charge is 0.549 e. The molecule has 29 heavy (non-hydrogen) atoms. The molecular weight excluding hydrogens is 397 g/mol. The first-order valence-corrected chi connectivity index (χ1v) is 9.30. The lowest BCUT2D eigenvalue weighted by molar-refractivity contribution is -0.488. The fourth-order valence-electron chi connectivity index (χ4n) is 2.94. The van der Waals surface area contributed by atoms with Crippen molar-refractivity contribution in [3.05, 3.63) is 29.8 Å². The maximum atomic E-state index is 11.7. The fourth-order valence-corrected chi connectivity index (χ4v) is 2.94. The molecule has 0 saturated carbocycles. The Hall–Kier alpha value is -1.47. The van der Waals surface area contributed by atoms with Gasteiger partial charge in [0.1, 0.15) is 31.7 Å². The van der Waals surface area contributed by atoms with Crippen LogP contribution in [0, 0.1) is 0 Å². The molecule has 0 amide bonds. The zero-order chi connectivity index (χ0) is 21.1. The predicted octanol–water partition coefficient (Wildman–Crippen LogP) is 1.81. The van der Waals surface area contributed by atoms with Crippen molar-refractivity contribution in [2.45, 2.75) is 24.9 Å². The number of nitrogens with one attached hydrogen (secondary N) is 1. The molecule has 1 aliphatic heterocycles. The maximum Gasteiger partial charge on any atom is 0.549 e. The summed E-state index contributed by atoms with van der Waals surface area (Å²) in [4.78, 5) is 19.5. The highest BCUT2D eigenvalue weighted by molar-refractivity contribution is 5.29. The quantitative estimate of drug-likeness (QED) is 0.282. The summed E-state index contributed by atoms with van der Waals surface area (Å²) in [6.07, 6.45) is -4.24. The van der Waals surface area contributed by atoms with Gasteiger partial charge in [-0.05, 0) is 31.2 Å². The molecule has 1 aromatic carbocycles. The number of likely N-dealkylation sites (N-methyl/N-ethyl adjacent to an activating group) is 1. The second kappa shape index (κ2) is 12.3. The molecule has 2 rings (SSSR count). The number of hydrogen-bond acceptors (Lipinski definition) is 8. The lowest BCUT2D eigenvalue weighted by Crippen LogP contribution is -2.33. The van der Waals surface area contributed by atoms with Crippen LogP contribution in [0.15, 0.2) is 24.3 Å². The summed E-state index contributed by atoms with van der Waals surface area (Å²) in [6.45, 7) is 1.89. The van der Waals surface area contributed by atoms with Gasteiger partial charge in [0.05, 0.1) is 6.61 Å². The van der Waals surface area contributed by atoms with Crippen molar-refractivity contribution >= 4 is 0 Å². The van der Waals surface area contributed by atoms with Gasteiger partial charge in [0.2, 0.25) is 0 Å². The second-order valence-electron chi connectivity index (χ2n) is 6.42. The Morgan fingerprint density at radius 1 is 1.17 bits per heavy atom. The Balaban J connectivity index is 1.67. The van der Waals surface area contributed by atoms with E-state index in [-0.39, 0.29) is 32.0 Å². The number of aliphatic hydroxyl groups excluding tert-OH is 1. The molecule has 8 nitrogen and oxygen atoms in total. The van der Waals surface area contributed by atoms with Crippen molar-refractivity contribution in [3.63, 3.8) is 0 Å². The van der Waals surface area contributed by atoms with E-state index < -0.39 is 13.0 Å². The summed E-state index contributed by atoms with van der Waals surface area (Å²) in [5, 5.41) is 12.1. The number of nitrogens with zero attached hydrogens (tertiary/aromatic N) is 1. The van der Waals surface area contributed by atoms with Gasteiger partial charge < -0.3 is 15.2 Å². The summed E-state index contributed by atoms with van der Waals surface area (Å²) in [5.74, 6) is 0.703. The van der Waals surface area contributed by atoms with E-state index >= 15 is 0 Å². The Labute approximate surface area is 167 Å². The van der Waals surface area contributed by atoms with E-state index in [1.807, 2.05) is 31.3 Å². The van der Waals surface area contributed by atoms with Gasteiger partial charge in [0.15, 0.2) is 0 Å². The van der Waals surface area contributed by atoms with Crippen LogP contribution in [-0.4, -0.2) is 75.6 Å². The summed E-state index contributed by atoms with van der Waals surface area (Å²) in [6, 6.07) is 7.79. The van der Waals surface area contributed by atoms with Gasteiger partial charge in [0.25, 0.3) is 0 Å². The van der Waals surface area contributed by atoms with Crippen LogP contribution in [0.2, 0.25) is 0 Å². The molecule has 2 N–H and O–H groups in total. The number of likely N-dealkylation sites (tertiary alicyclic amines) is 1. The van der Waals surface area contributed by atoms with E-state index in [0.717, 1.165) is 25.1 Å². The van der Waals surface area contributed by atoms with Gasteiger partial charge >= 0.3 is 6.36 Å². The molecule has 1 aliphatic rings. The van der Waals surface area contributed by atoms with Crippen LogP contribution in [0.4, 0.5) is 13.2 Å². The van der Waals surface area contributed by atoms with Crippen LogP contribution in [0.25, 0.3) is 0 Å². The predicted molar refractivity (Wildman–Crippen MR) is 95.8 cm³/mol. The minimum absolute atomic E-state index is 0.0306. The van der Waals surface area contributed by atoms with E-state index in [1.165, 1.54) is 0 Å². The first-order chi connectivity index (χ1) is 13.9. The molecular formula is C18H27F3N2O6. The maximum absolute atomic E-state index is 11.7. The topological polar surface area (TPSA) is 81.7 Å². The van der Waals surface area contributed by atoms with Crippen LogP contribution in [0.3, 0.4) is 0 Å². The highest BCUT2D eigenvalue weighted by atomic mass is 19.4. The lowest BCUT2D eigenvalue weighted by atomic mass is 10.1. The van der Waals surface area contributed by atoms with Crippen LogP contribution in [-0.2, 0) is 19.6 Å². The van der Waals surface area contributed by atoms with Crippen LogP contribution >= 0.6 is 0 Å². The Morgan fingerprint density at radius 2 is 1.90 bits per heavy atom. The van der Waals surface area contributed by atoms with E-state index in [4.69, 9.17) is 19.6 Å².